The monoisotopic (exact) mass is 478 g/mol. The lowest BCUT2D eigenvalue weighted by molar-refractivity contribution is -0.120. The van der Waals surface area contributed by atoms with Gasteiger partial charge in [-0.05, 0) is 37.1 Å². The topological polar surface area (TPSA) is 106 Å². The Hall–Kier alpha value is -3.51. The number of nitrogens with zero attached hydrogens (tertiary/aromatic N) is 3. The summed E-state index contributed by atoms with van der Waals surface area (Å²) in [6.45, 7) is 0. The Labute approximate surface area is 201 Å². The molecule has 1 saturated carbocycles. The fourth-order valence-corrected chi connectivity index (χ4v) is 5.07. The number of hydrogen-bond acceptors (Lipinski definition) is 7. The highest BCUT2D eigenvalue weighted by atomic mass is 32.2. The van der Waals surface area contributed by atoms with E-state index in [1.54, 1.807) is 43.5 Å². The minimum atomic E-state index is -0.810. The zero-order chi connectivity index (χ0) is 24.1. The second-order valence-electron chi connectivity index (χ2n) is 8.18. The maximum absolute atomic E-state index is 13.5. The summed E-state index contributed by atoms with van der Waals surface area (Å²) in [7, 11) is 3.07. The molecule has 1 amide bonds. The quantitative estimate of drug-likeness (QED) is 0.406. The number of amides is 1. The van der Waals surface area contributed by atoms with Crippen molar-refractivity contribution in [1.29, 1.82) is 5.26 Å². The highest BCUT2D eigenvalue weighted by Crippen LogP contribution is 2.31. The molecular weight excluding hydrogens is 452 g/mol. The molecule has 1 N–H and O–H groups in total. The zero-order valence-corrected chi connectivity index (χ0v) is 20.0. The summed E-state index contributed by atoms with van der Waals surface area (Å²) in [4.78, 5) is 30.9. The Kier molecular flexibility index (Phi) is 7.08. The van der Waals surface area contributed by atoms with E-state index in [0.29, 0.717) is 46.1 Å². The number of thioether (sulfide) groups is 1. The van der Waals surface area contributed by atoms with Crippen molar-refractivity contribution in [1.82, 2.24) is 14.9 Å². The zero-order valence-electron chi connectivity index (χ0n) is 19.2. The van der Waals surface area contributed by atoms with Crippen LogP contribution in [0.2, 0.25) is 0 Å². The van der Waals surface area contributed by atoms with Gasteiger partial charge >= 0.3 is 0 Å². The smallest absolute Gasteiger partial charge is 0.266 e. The fourth-order valence-electron chi connectivity index (χ4n) is 4.25. The van der Waals surface area contributed by atoms with Gasteiger partial charge in [-0.1, -0.05) is 43.2 Å². The molecule has 0 unspecified atom stereocenters. The van der Waals surface area contributed by atoms with Crippen molar-refractivity contribution >= 4 is 28.6 Å². The van der Waals surface area contributed by atoms with E-state index in [0.717, 1.165) is 31.0 Å². The average molecular weight is 479 g/mol. The maximum atomic E-state index is 13.5. The number of carbonyl (C=O) groups excluding carboxylic acids is 1. The molecule has 176 valence electrons. The first-order valence-corrected chi connectivity index (χ1v) is 12.1. The van der Waals surface area contributed by atoms with E-state index >= 15 is 0 Å². The standard InChI is InChI=1S/C25H26N4O4S/c1-32-20-11-10-17(14-21(20)33-2)29-23(31)18-8-4-5-9-19(18)27-24(29)34-15-22(30)28-25(16-26)12-6-3-7-13-25/h4-5,8-11,14H,3,6-7,12-13,15H2,1-2H3,(H,28,30). The van der Waals surface area contributed by atoms with Gasteiger partial charge in [0.05, 0.1) is 42.6 Å². The summed E-state index contributed by atoms with van der Waals surface area (Å²) in [6, 6.07) is 14.6. The van der Waals surface area contributed by atoms with Crippen LogP contribution in [-0.2, 0) is 4.79 Å². The Bertz CT molecular complexity index is 1310. The average Bonchev–Trinajstić information content (AvgIpc) is 2.87. The van der Waals surface area contributed by atoms with Crippen LogP contribution in [0.3, 0.4) is 0 Å². The summed E-state index contributed by atoms with van der Waals surface area (Å²) in [6.07, 6.45) is 4.24. The SMILES string of the molecule is COc1ccc(-n2c(SCC(=O)NC3(C#N)CCCCC3)nc3ccccc3c2=O)cc1OC. The predicted octanol–water partition coefficient (Wildman–Crippen LogP) is 3.84. The van der Waals surface area contributed by atoms with E-state index in [1.165, 1.54) is 11.7 Å². The molecule has 1 aromatic heterocycles. The van der Waals surface area contributed by atoms with Crippen molar-refractivity contribution < 1.29 is 14.3 Å². The minimum Gasteiger partial charge on any atom is -0.493 e. The van der Waals surface area contributed by atoms with Gasteiger partial charge in [0.15, 0.2) is 16.7 Å². The van der Waals surface area contributed by atoms with Gasteiger partial charge in [0.2, 0.25) is 5.91 Å². The Balaban J connectivity index is 1.69. The molecule has 34 heavy (non-hydrogen) atoms. The van der Waals surface area contributed by atoms with E-state index in [-0.39, 0.29) is 17.2 Å². The molecule has 9 heteroatoms. The van der Waals surface area contributed by atoms with E-state index in [9.17, 15) is 14.9 Å². The molecule has 3 aromatic rings. The van der Waals surface area contributed by atoms with Gasteiger partial charge in [0.25, 0.3) is 5.56 Å². The molecule has 1 fully saturated rings. The highest BCUT2D eigenvalue weighted by molar-refractivity contribution is 7.99. The lowest BCUT2D eigenvalue weighted by atomic mass is 9.83. The van der Waals surface area contributed by atoms with Gasteiger partial charge in [-0.2, -0.15) is 5.26 Å². The fraction of sp³-hybridized carbons (Fsp3) is 0.360. The number of para-hydroxylation sites is 1. The summed E-state index contributed by atoms with van der Waals surface area (Å²) in [5, 5.41) is 13.4. The van der Waals surface area contributed by atoms with Crippen LogP contribution < -0.4 is 20.3 Å². The van der Waals surface area contributed by atoms with Gasteiger partial charge in [0.1, 0.15) is 5.54 Å². The molecule has 0 saturated heterocycles. The van der Waals surface area contributed by atoms with Gasteiger partial charge in [-0.15, -0.1) is 0 Å². The van der Waals surface area contributed by atoms with Crippen molar-refractivity contribution in [3.63, 3.8) is 0 Å². The number of ether oxygens (including phenoxy) is 2. The largest absolute Gasteiger partial charge is 0.493 e. The number of benzene rings is 2. The Morgan fingerprint density at radius 3 is 2.59 bits per heavy atom. The van der Waals surface area contributed by atoms with Crippen molar-refractivity contribution in [3.05, 3.63) is 52.8 Å². The normalized spacial score (nSPS) is 14.9. The van der Waals surface area contributed by atoms with Crippen LogP contribution in [0.1, 0.15) is 32.1 Å². The number of aromatic nitrogens is 2. The molecule has 2 aromatic carbocycles. The maximum Gasteiger partial charge on any atom is 0.266 e. The lowest BCUT2D eigenvalue weighted by Crippen LogP contribution is -2.49. The molecule has 1 heterocycles. The Morgan fingerprint density at radius 2 is 1.88 bits per heavy atom. The number of hydrogen-bond donors (Lipinski definition) is 1. The summed E-state index contributed by atoms with van der Waals surface area (Å²) in [5.41, 5.74) is 0.0365. The number of methoxy groups -OCH3 is 2. The number of carbonyl (C=O) groups is 1. The number of rotatable bonds is 7. The number of fused-ring (bicyclic) bond motifs is 1. The molecule has 4 rings (SSSR count). The first-order valence-electron chi connectivity index (χ1n) is 11.1. The predicted molar refractivity (Wildman–Crippen MR) is 131 cm³/mol. The summed E-state index contributed by atoms with van der Waals surface area (Å²) >= 11 is 1.16. The van der Waals surface area contributed by atoms with E-state index < -0.39 is 5.54 Å². The molecule has 0 atom stereocenters. The van der Waals surface area contributed by atoms with Gasteiger partial charge in [-0.25, -0.2) is 4.98 Å². The van der Waals surface area contributed by atoms with Crippen molar-refractivity contribution in [3.8, 4) is 23.3 Å². The van der Waals surface area contributed by atoms with Crippen molar-refractivity contribution in [2.24, 2.45) is 0 Å². The first kappa shape index (κ1) is 23.6. The molecule has 1 aliphatic carbocycles. The lowest BCUT2D eigenvalue weighted by Gasteiger charge is -2.31. The third-order valence-electron chi connectivity index (χ3n) is 6.00. The van der Waals surface area contributed by atoms with Gasteiger partial charge in [-0.3, -0.25) is 14.2 Å². The van der Waals surface area contributed by atoms with Crippen molar-refractivity contribution in [2.45, 2.75) is 42.8 Å². The molecule has 0 aliphatic heterocycles. The Morgan fingerprint density at radius 1 is 1.15 bits per heavy atom. The molecular formula is C25H26N4O4S. The van der Waals surface area contributed by atoms with E-state index in [4.69, 9.17) is 9.47 Å². The third-order valence-corrected chi connectivity index (χ3v) is 6.94. The van der Waals surface area contributed by atoms with Crippen LogP contribution in [-0.4, -0.2) is 41.0 Å². The van der Waals surface area contributed by atoms with Gasteiger partial charge in [0, 0.05) is 6.07 Å². The van der Waals surface area contributed by atoms with E-state index in [1.807, 2.05) is 6.07 Å². The van der Waals surface area contributed by atoms with Crippen LogP contribution in [0, 0.1) is 11.3 Å². The molecule has 8 nitrogen and oxygen atoms in total. The summed E-state index contributed by atoms with van der Waals surface area (Å²) in [5.74, 6) is 0.786. The summed E-state index contributed by atoms with van der Waals surface area (Å²) < 4.78 is 12.2. The third kappa shape index (κ3) is 4.73. The van der Waals surface area contributed by atoms with E-state index in [2.05, 4.69) is 16.4 Å². The highest BCUT2D eigenvalue weighted by Gasteiger charge is 2.33. The first-order chi connectivity index (χ1) is 16.5. The van der Waals surface area contributed by atoms with Crippen LogP contribution in [0.5, 0.6) is 11.5 Å². The van der Waals surface area contributed by atoms with Crippen LogP contribution >= 0.6 is 11.8 Å². The second kappa shape index (κ2) is 10.2. The minimum absolute atomic E-state index is 0.0293. The molecule has 0 spiro atoms. The van der Waals surface area contributed by atoms with Crippen LogP contribution in [0.4, 0.5) is 0 Å². The number of nitriles is 1. The van der Waals surface area contributed by atoms with Crippen LogP contribution in [0.25, 0.3) is 16.6 Å². The molecule has 0 bridgehead atoms. The number of nitrogens with one attached hydrogen (secondary N) is 1. The second-order valence-corrected chi connectivity index (χ2v) is 9.13. The molecule has 0 radical (unpaired) electrons. The van der Waals surface area contributed by atoms with Gasteiger partial charge < -0.3 is 14.8 Å². The van der Waals surface area contributed by atoms with Crippen LogP contribution in [0.15, 0.2) is 52.4 Å². The molecule has 1 aliphatic rings. The van der Waals surface area contributed by atoms with Crippen molar-refractivity contribution in [2.75, 3.05) is 20.0 Å².